The van der Waals surface area contributed by atoms with Crippen LogP contribution < -0.4 is 4.74 Å². The smallest absolute Gasteiger partial charge is 0.273 e. The second kappa shape index (κ2) is 3.70. The highest BCUT2D eigenvalue weighted by Crippen LogP contribution is 2.46. The zero-order valence-electron chi connectivity index (χ0n) is 9.35. The highest BCUT2D eigenvalue weighted by atomic mass is 16.6. The van der Waals surface area contributed by atoms with Crippen molar-refractivity contribution < 1.29 is 14.4 Å². The third-order valence-corrected chi connectivity index (χ3v) is 3.70. The van der Waals surface area contributed by atoms with E-state index in [0.29, 0.717) is 12.4 Å². The molecule has 0 atom stereocenters. The highest BCUT2D eigenvalue weighted by molar-refractivity contribution is 5.50. The summed E-state index contributed by atoms with van der Waals surface area (Å²) < 4.78 is 11.0. The van der Waals surface area contributed by atoms with E-state index in [2.05, 4.69) is 0 Å². The van der Waals surface area contributed by atoms with Gasteiger partial charge in [-0.25, -0.2) is 0 Å². The molecule has 1 aromatic carbocycles. The summed E-state index contributed by atoms with van der Waals surface area (Å²) in [5.41, 5.74) is 1.21. The molecule has 2 heterocycles. The van der Waals surface area contributed by atoms with E-state index in [0.717, 1.165) is 31.6 Å². The number of hydrogen-bond acceptors (Lipinski definition) is 4. The average molecular weight is 235 g/mol. The molecule has 0 bridgehead atoms. The van der Waals surface area contributed by atoms with Gasteiger partial charge >= 0.3 is 0 Å². The lowest BCUT2D eigenvalue weighted by Crippen LogP contribution is -2.35. The van der Waals surface area contributed by atoms with Crippen molar-refractivity contribution in [1.82, 2.24) is 0 Å². The third-order valence-electron chi connectivity index (χ3n) is 3.70. The molecule has 90 valence electrons. The van der Waals surface area contributed by atoms with Crippen molar-refractivity contribution in [3.8, 4) is 5.75 Å². The lowest BCUT2D eigenvalue weighted by Gasteiger charge is -2.31. The molecule has 5 heteroatoms. The second-order valence-corrected chi connectivity index (χ2v) is 4.62. The van der Waals surface area contributed by atoms with Gasteiger partial charge in [-0.3, -0.25) is 10.1 Å². The minimum atomic E-state index is -0.390. The second-order valence-electron chi connectivity index (χ2n) is 4.62. The summed E-state index contributed by atoms with van der Waals surface area (Å²) >= 11 is 0. The van der Waals surface area contributed by atoms with E-state index in [1.807, 2.05) is 6.07 Å². The Bertz CT molecular complexity index is 466. The van der Waals surface area contributed by atoms with Crippen molar-refractivity contribution in [2.24, 2.45) is 0 Å². The molecule has 2 aliphatic rings. The minimum Gasteiger partial charge on any atom is -0.492 e. The van der Waals surface area contributed by atoms with Gasteiger partial charge in [0.1, 0.15) is 5.75 Å². The molecule has 0 saturated carbocycles. The molecule has 17 heavy (non-hydrogen) atoms. The van der Waals surface area contributed by atoms with Gasteiger partial charge in [-0.2, -0.15) is 0 Å². The van der Waals surface area contributed by atoms with E-state index < -0.39 is 4.92 Å². The maximum absolute atomic E-state index is 10.7. The van der Waals surface area contributed by atoms with Crippen molar-refractivity contribution in [3.63, 3.8) is 0 Å². The van der Waals surface area contributed by atoms with Crippen molar-refractivity contribution in [3.05, 3.63) is 33.9 Å². The first-order valence-corrected chi connectivity index (χ1v) is 5.71. The van der Waals surface area contributed by atoms with Crippen LogP contribution in [0.2, 0.25) is 0 Å². The summed E-state index contributed by atoms with van der Waals surface area (Å²) in [6.45, 7) is 2.09. The van der Waals surface area contributed by atoms with Gasteiger partial charge in [0, 0.05) is 30.3 Å². The van der Waals surface area contributed by atoms with Crippen molar-refractivity contribution in [1.29, 1.82) is 0 Å². The van der Waals surface area contributed by atoms with Gasteiger partial charge in [0.2, 0.25) is 0 Å². The van der Waals surface area contributed by atoms with Crippen molar-refractivity contribution in [2.75, 3.05) is 19.8 Å². The molecule has 3 rings (SSSR count). The lowest BCUT2D eigenvalue weighted by atomic mass is 9.76. The van der Waals surface area contributed by atoms with E-state index in [1.54, 1.807) is 6.07 Å². The number of ether oxygens (including phenoxy) is 2. The van der Waals surface area contributed by atoms with Crippen LogP contribution in [0.4, 0.5) is 5.69 Å². The van der Waals surface area contributed by atoms with E-state index >= 15 is 0 Å². The number of benzene rings is 1. The SMILES string of the molecule is O=[N+]([O-])c1ccc2c(c1)OCC21CCOCC1. The molecule has 0 unspecified atom stereocenters. The zero-order valence-corrected chi connectivity index (χ0v) is 9.35. The Hall–Kier alpha value is -1.62. The maximum Gasteiger partial charge on any atom is 0.273 e. The Balaban J connectivity index is 2.00. The summed E-state index contributed by atoms with van der Waals surface area (Å²) in [6.07, 6.45) is 1.86. The molecule has 0 N–H and O–H groups in total. The predicted molar refractivity (Wildman–Crippen MR) is 60.3 cm³/mol. The number of rotatable bonds is 1. The van der Waals surface area contributed by atoms with Gasteiger partial charge in [-0.05, 0) is 18.9 Å². The Labute approximate surface area is 98.5 Å². The molecule has 1 saturated heterocycles. The molecular formula is C12H13NO4. The fourth-order valence-corrected chi connectivity index (χ4v) is 2.65. The molecular weight excluding hydrogens is 222 g/mol. The molecule has 0 amide bonds. The largest absolute Gasteiger partial charge is 0.492 e. The molecule has 1 spiro atoms. The van der Waals surface area contributed by atoms with E-state index in [9.17, 15) is 10.1 Å². The Kier molecular flexibility index (Phi) is 2.29. The topological polar surface area (TPSA) is 61.6 Å². The van der Waals surface area contributed by atoms with Gasteiger partial charge in [-0.1, -0.05) is 0 Å². The fraction of sp³-hybridized carbons (Fsp3) is 0.500. The third kappa shape index (κ3) is 1.58. The molecule has 5 nitrogen and oxygen atoms in total. The first kappa shape index (κ1) is 10.5. The van der Waals surface area contributed by atoms with Crippen LogP contribution in [0.3, 0.4) is 0 Å². The lowest BCUT2D eigenvalue weighted by molar-refractivity contribution is -0.384. The highest BCUT2D eigenvalue weighted by Gasteiger charge is 2.42. The van der Waals surface area contributed by atoms with Gasteiger partial charge in [0.15, 0.2) is 0 Å². The van der Waals surface area contributed by atoms with Crippen LogP contribution in [-0.4, -0.2) is 24.7 Å². The molecule has 0 radical (unpaired) electrons. The summed E-state index contributed by atoms with van der Waals surface area (Å²) in [5, 5.41) is 10.7. The van der Waals surface area contributed by atoms with E-state index in [-0.39, 0.29) is 11.1 Å². The molecule has 1 fully saturated rings. The Morgan fingerprint density at radius 3 is 2.76 bits per heavy atom. The van der Waals surface area contributed by atoms with Crippen LogP contribution in [0.15, 0.2) is 18.2 Å². The van der Waals surface area contributed by atoms with Gasteiger partial charge in [-0.15, -0.1) is 0 Å². The Morgan fingerprint density at radius 2 is 2.06 bits per heavy atom. The van der Waals surface area contributed by atoms with Crippen LogP contribution in [0.25, 0.3) is 0 Å². The van der Waals surface area contributed by atoms with Crippen molar-refractivity contribution in [2.45, 2.75) is 18.3 Å². The zero-order chi connectivity index (χ0) is 11.9. The quantitative estimate of drug-likeness (QED) is 0.552. The number of non-ortho nitro benzene ring substituents is 1. The summed E-state index contributed by atoms with van der Waals surface area (Å²) in [4.78, 5) is 10.3. The molecule has 0 aromatic heterocycles. The summed E-state index contributed by atoms with van der Waals surface area (Å²) in [5.74, 6) is 0.668. The van der Waals surface area contributed by atoms with E-state index in [1.165, 1.54) is 6.07 Å². The van der Waals surface area contributed by atoms with Crippen LogP contribution in [-0.2, 0) is 10.2 Å². The first-order valence-electron chi connectivity index (χ1n) is 5.71. The van der Waals surface area contributed by atoms with Gasteiger partial charge < -0.3 is 9.47 Å². The average Bonchev–Trinajstić information content (AvgIpc) is 2.69. The Morgan fingerprint density at radius 1 is 1.29 bits per heavy atom. The molecule has 0 aliphatic carbocycles. The number of nitro benzene ring substituents is 1. The monoisotopic (exact) mass is 235 g/mol. The fourth-order valence-electron chi connectivity index (χ4n) is 2.65. The van der Waals surface area contributed by atoms with Gasteiger partial charge in [0.25, 0.3) is 5.69 Å². The number of nitro groups is 1. The predicted octanol–water partition coefficient (Wildman–Crippen LogP) is 2.04. The molecule has 1 aromatic rings. The van der Waals surface area contributed by atoms with Crippen molar-refractivity contribution >= 4 is 5.69 Å². The van der Waals surface area contributed by atoms with Crippen LogP contribution >= 0.6 is 0 Å². The number of hydrogen-bond donors (Lipinski definition) is 0. The number of nitrogens with zero attached hydrogens (tertiary/aromatic N) is 1. The van der Waals surface area contributed by atoms with Crippen LogP contribution in [0.5, 0.6) is 5.75 Å². The maximum atomic E-state index is 10.7. The summed E-state index contributed by atoms with van der Waals surface area (Å²) in [6, 6.07) is 4.93. The first-order chi connectivity index (χ1) is 8.21. The summed E-state index contributed by atoms with van der Waals surface area (Å²) in [7, 11) is 0. The minimum absolute atomic E-state index is 0.0166. The normalized spacial score (nSPS) is 20.9. The van der Waals surface area contributed by atoms with Gasteiger partial charge in [0.05, 0.1) is 17.6 Å². The van der Waals surface area contributed by atoms with E-state index in [4.69, 9.17) is 9.47 Å². The standard InChI is InChI=1S/C12H13NO4/c14-13(15)9-1-2-10-11(7-9)17-8-12(10)3-5-16-6-4-12/h1-2,7H,3-6,8H2. The van der Waals surface area contributed by atoms with Crippen LogP contribution in [0, 0.1) is 10.1 Å². The van der Waals surface area contributed by atoms with Crippen LogP contribution in [0.1, 0.15) is 18.4 Å². The molecule has 2 aliphatic heterocycles. The number of fused-ring (bicyclic) bond motifs is 2.